The van der Waals surface area contributed by atoms with Crippen molar-refractivity contribution in [2.75, 3.05) is 38.3 Å². The van der Waals surface area contributed by atoms with Crippen molar-refractivity contribution in [2.45, 2.75) is 6.54 Å². The fourth-order valence-electron chi connectivity index (χ4n) is 4.00. The van der Waals surface area contributed by atoms with E-state index >= 15 is 0 Å². The van der Waals surface area contributed by atoms with Crippen LogP contribution in [-0.4, -0.2) is 54.6 Å². The Bertz CT molecular complexity index is 1140. The van der Waals surface area contributed by atoms with Crippen molar-refractivity contribution in [3.8, 4) is 11.5 Å². The van der Waals surface area contributed by atoms with Crippen LogP contribution in [0.4, 0.5) is 5.69 Å². The van der Waals surface area contributed by atoms with Crippen molar-refractivity contribution >= 4 is 28.3 Å². The number of benzene rings is 3. The van der Waals surface area contributed by atoms with Gasteiger partial charge in [0.1, 0.15) is 0 Å². The van der Waals surface area contributed by atoms with Crippen LogP contribution in [0.3, 0.4) is 0 Å². The molecule has 0 aromatic heterocycles. The minimum Gasteiger partial charge on any atom is -0.454 e. The second kappa shape index (κ2) is 8.28. The van der Waals surface area contributed by atoms with Crippen LogP contribution in [0.15, 0.2) is 60.7 Å². The minimum absolute atomic E-state index is 0.265. The van der Waals surface area contributed by atoms with Gasteiger partial charge in [-0.2, -0.15) is 0 Å². The Labute approximate surface area is 180 Å². The minimum atomic E-state index is -0.598. The average molecular weight is 417 g/mol. The summed E-state index contributed by atoms with van der Waals surface area (Å²) in [5, 5.41) is 4.84. The molecule has 3 aromatic rings. The van der Waals surface area contributed by atoms with Gasteiger partial charge in [-0.3, -0.25) is 14.5 Å². The number of fused-ring (bicyclic) bond motifs is 2. The van der Waals surface area contributed by atoms with E-state index in [9.17, 15) is 9.59 Å². The summed E-state index contributed by atoms with van der Waals surface area (Å²) in [6, 6.07) is 19.5. The van der Waals surface area contributed by atoms with Crippen LogP contribution >= 0.6 is 0 Å². The first-order valence-electron chi connectivity index (χ1n) is 10.4. The molecule has 0 spiro atoms. The van der Waals surface area contributed by atoms with Gasteiger partial charge in [-0.15, -0.1) is 0 Å². The van der Waals surface area contributed by atoms with E-state index in [1.165, 1.54) is 0 Å². The van der Waals surface area contributed by atoms with Gasteiger partial charge in [0.25, 0.3) is 0 Å². The quantitative estimate of drug-likeness (QED) is 0.664. The van der Waals surface area contributed by atoms with Crippen molar-refractivity contribution in [1.82, 2.24) is 9.80 Å². The summed E-state index contributed by atoms with van der Waals surface area (Å²) in [5.41, 5.74) is 1.76. The third-order valence-corrected chi connectivity index (χ3v) is 5.70. The van der Waals surface area contributed by atoms with E-state index in [1.54, 1.807) is 4.90 Å². The van der Waals surface area contributed by atoms with E-state index in [0.717, 1.165) is 34.4 Å². The van der Waals surface area contributed by atoms with Crippen molar-refractivity contribution in [1.29, 1.82) is 0 Å². The molecule has 1 saturated heterocycles. The summed E-state index contributed by atoms with van der Waals surface area (Å²) >= 11 is 0. The Morgan fingerprint density at radius 2 is 1.61 bits per heavy atom. The second-order valence-corrected chi connectivity index (χ2v) is 7.77. The zero-order valence-electron chi connectivity index (χ0n) is 17.0. The highest BCUT2D eigenvalue weighted by atomic mass is 16.7. The van der Waals surface area contributed by atoms with Gasteiger partial charge in [0.15, 0.2) is 11.5 Å². The van der Waals surface area contributed by atoms with Gasteiger partial charge >= 0.3 is 11.8 Å². The molecule has 2 aliphatic rings. The lowest BCUT2D eigenvalue weighted by molar-refractivity contribution is -0.144. The molecule has 0 saturated carbocycles. The summed E-state index contributed by atoms with van der Waals surface area (Å²) in [6.45, 7) is 3.50. The molecule has 2 amide bonds. The molecule has 0 bridgehead atoms. The summed E-state index contributed by atoms with van der Waals surface area (Å²) in [5.74, 6) is 0.462. The van der Waals surface area contributed by atoms with Crippen molar-refractivity contribution < 1.29 is 19.1 Å². The molecule has 0 atom stereocenters. The molecule has 0 radical (unpaired) electrons. The standard InChI is InChI=1S/C24H23N3O4/c28-23(25-20-7-6-18-3-1-2-4-19(18)14-20)24(29)27-11-9-26(10-12-27)15-17-5-8-21-22(13-17)31-16-30-21/h1-8,13-14H,9-12,15-16H2,(H,25,28). The first kappa shape index (κ1) is 19.4. The van der Waals surface area contributed by atoms with Crippen LogP contribution in [-0.2, 0) is 16.1 Å². The lowest BCUT2D eigenvalue weighted by Crippen LogP contribution is -2.51. The first-order valence-corrected chi connectivity index (χ1v) is 10.4. The highest BCUT2D eigenvalue weighted by molar-refractivity contribution is 6.39. The zero-order chi connectivity index (χ0) is 21.2. The van der Waals surface area contributed by atoms with E-state index in [0.29, 0.717) is 31.9 Å². The molecule has 31 heavy (non-hydrogen) atoms. The monoisotopic (exact) mass is 417 g/mol. The van der Waals surface area contributed by atoms with E-state index in [1.807, 2.05) is 60.7 Å². The molecule has 158 valence electrons. The molecule has 7 heteroatoms. The smallest absolute Gasteiger partial charge is 0.313 e. The SMILES string of the molecule is O=C(Nc1ccc2ccccc2c1)C(=O)N1CCN(Cc2ccc3c(c2)OCO3)CC1. The summed E-state index contributed by atoms with van der Waals surface area (Å²) in [7, 11) is 0. The van der Waals surface area contributed by atoms with Crippen LogP contribution in [0.2, 0.25) is 0 Å². The third-order valence-electron chi connectivity index (χ3n) is 5.70. The Kier molecular flexibility index (Phi) is 5.18. The van der Waals surface area contributed by atoms with Crippen molar-refractivity contribution in [3.05, 3.63) is 66.2 Å². The van der Waals surface area contributed by atoms with Crippen molar-refractivity contribution in [2.24, 2.45) is 0 Å². The summed E-state index contributed by atoms with van der Waals surface area (Å²) in [4.78, 5) is 29.0. The average Bonchev–Trinajstić information content (AvgIpc) is 3.27. The number of carbonyl (C=O) groups excluding carboxylic acids is 2. The van der Waals surface area contributed by atoms with Gasteiger partial charge in [-0.1, -0.05) is 36.4 Å². The number of anilines is 1. The van der Waals surface area contributed by atoms with E-state index in [2.05, 4.69) is 10.2 Å². The fraction of sp³-hybridized carbons (Fsp3) is 0.250. The molecular weight excluding hydrogens is 394 g/mol. The van der Waals surface area contributed by atoms with Gasteiger partial charge < -0.3 is 19.7 Å². The normalized spacial score (nSPS) is 15.8. The van der Waals surface area contributed by atoms with E-state index in [4.69, 9.17) is 9.47 Å². The zero-order valence-corrected chi connectivity index (χ0v) is 17.0. The topological polar surface area (TPSA) is 71.1 Å². The van der Waals surface area contributed by atoms with Gasteiger partial charge in [0.05, 0.1) is 0 Å². The molecule has 0 aliphatic carbocycles. The summed E-state index contributed by atoms with van der Waals surface area (Å²) in [6.07, 6.45) is 0. The predicted molar refractivity (Wildman–Crippen MR) is 117 cm³/mol. The number of ether oxygens (including phenoxy) is 2. The Morgan fingerprint density at radius 3 is 2.45 bits per heavy atom. The van der Waals surface area contributed by atoms with Gasteiger partial charge in [0, 0.05) is 38.4 Å². The third kappa shape index (κ3) is 4.18. The van der Waals surface area contributed by atoms with Crippen LogP contribution in [0.25, 0.3) is 10.8 Å². The number of carbonyl (C=O) groups is 2. The van der Waals surface area contributed by atoms with Gasteiger partial charge in [-0.25, -0.2) is 0 Å². The number of nitrogens with one attached hydrogen (secondary N) is 1. The summed E-state index contributed by atoms with van der Waals surface area (Å²) < 4.78 is 10.8. The molecule has 3 aromatic carbocycles. The molecule has 5 rings (SSSR count). The first-order chi connectivity index (χ1) is 15.2. The Morgan fingerprint density at radius 1 is 0.839 bits per heavy atom. The van der Waals surface area contributed by atoms with Crippen LogP contribution < -0.4 is 14.8 Å². The maximum Gasteiger partial charge on any atom is 0.313 e. The van der Waals surface area contributed by atoms with Crippen LogP contribution in [0.5, 0.6) is 11.5 Å². The molecule has 0 unspecified atom stereocenters. The molecular formula is C24H23N3O4. The largest absolute Gasteiger partial charge is 0.454 e. The lowest BCUT2D eigenvalue weighted by Gasteiger charge is -2.34. The molecule has 2 heterocycles. The highest BCUT2D eigenvalue weighted by Crippen LogP contribution is 2.32. The van der Waals surface area contributed by atoms with Crippen molar-refractivity contribution in [3.63, 3.8) is 0 Å². The molecule has 1 fully saturated rings. The molecule has 1 N–H and O–H groups in total. The number of rotatable bonds is 3. The maximum absolute atomic E-state index is 12.6. The number of hydrogen-bond donors (Lipinski definition) is 1. The second-order valence-electron chi connectivity index (χ2n) is 7.77. The van der Waals surface area contributed by atoms with Gasteiger partial charge in [-0.05, 0) is 40.6 Å². The number of piperazine rings is 1. The van der Waals surface area contributed by atoms with E-state index < -0.39 is 11.8 Å². The lowest BCUT2D eigenvalue weighted by atomic mass is 10.1. The van der Waals surface area contributed by atoms with E-state index in [-0.39, 0.29) is 6.79 Å². The Hall–Kier alpha value is -3.58. The van der Waals surface area contributed by atoms with Crippen LogP contribution in [0.1, 0.15) is 5.56 Å². The number of amides is 2. The fourth-order valence-corrected chi connectivity index (χ4v) is 4.00. The van der Waals surface area contributed by atoms with Gasteiger partial charge in [0.2, 0.25) is 6.79 Å². The molecule has 2 aliphatic heterocycles. The predicted octanol–water partition coefficient (Wildman–Crippen LogP) is 2.85. The number of nitrogens with zero attached hydrogens (tertiary/aromatic N) is 2. The maximum atomic E-state index is 12.6. The van der Waals surface area contributed by atoms with Crippen LogP contribution in [0, 0.1) is 0 Å². The highest BCUT2D eigenvalue weighted by Gasteiger charge is 2.26. The Balaban J connectivity index is 1.15. The molecule has 7 nitrogen and oxygen atoms in total. The number of hydrogen-bond acceptors (Lipinski definition) is 5.